The van der Waals surface area contributed by atoms with Crippen molar-refractivity contribution in [2.75, 3.05) is 13.1 Å². The van der Waals surface area contributed by atoms with Crippen molar-refractivity contribution in [1.29, 1.82) is 0 Å². The summed E-state index contributed by atoms with van der Waals surface area (Å²) in [6, 6.07) is 1.72. The van der Waals surface area contributed by atoms with Crippen LogP contribution >= 0.6 is 11.6 Å². The van der Waals surface area contributed by atoms with E-state index in [1.54, 1.807) is 4.90 Å². The summed E-state index contributed by atoms with van der Waals surface area (Å²) in [5.74, 6) is -1.11. The van der Waals surface area contributed by atoms with Crippen LogP contribution in [0.25, 0.3) is 0 Å². The van der Waals surface area contributed by atoms with Crippen LogP contribution in [0.2, 0.25) is 5.02 Å². The Balaban J connectivity index is 2.41. The summed E-state index contributed by atoms with van der Waals surface area (Å²) < 4.78 is 36.3. The minimum atomic E-state index is -4.25. The molecular formula is C13H16ClFN2O3S. The molecule has 116 valence electrons. The maximum atomic E-state index is 13.6. The van der Waals surface area contributed by atoms with Crippen molar-refractivity contribution in [3.8, 4) is 0 Å². The van der Waals surface area contributed by atoms with Crippen LogP contribution in [0, 0.1) is 11.7 Å². The summed E-state index contributed by atoms with van der Waals surface area (Å²) in [5, 5.41) is 4.82. The van der Waals surface area contributed by atoms with Gasteiger partial charge in [0.1, 0.15) is 10.7 Å². The minimum Gasteiger partial charge on any atom is -0.338 e. The normalized spacial score (nSPS) is 19.6. The summed E-state index contributed by atoms with van der Waals surface area (Å²) in [6.45, 7) is 3.17. The maximum Gasteiger partial charge on any atom is 0.255 e. The number of halogens is 2. The summed E-state index contributed by atoms with van der Waals surface area (Å²) in [4.78, 5) is 13.3. The van der Waals surface area contributed by atoms with E-state index >= 15 is 0 Å². The zero-order valence-corrected chi connectivity index (χ0v) is 13.0. The summed E-state index contributed by atoms with van der Waals surface area (Å²) >= 11 is 5.88. The molecule has 1 aromatic rings. The topological polar surface area (TPSA) is 80.5 Å². The third kappa shape index (κ3) is 3.53. The maximum absolute atomic E-state index is 13.6. The molecule has 1 aliphatic heterocycles. The van der Waals surface area contributed by atoms with E-state index in [1.807, 2.05) is 6.92 Å². The molecule has 2 rings (SSSR count). The van der Waals surface area contributed by atoms with Crippen molar-refractivity contribution in [3.05, 3.63) is 28.5 Å². The smallest absolute Gasteiger partial charge is 0.255 e. The van der Waals surface area contributed by atoms with Crippen LogP contribution in [0.15, 0.2) is 17.0 Å². The lowest BCUT2D eigenvalue weighted by Crippen LogP contribution is -2.39. The number of nitrogens with two attached hydrogens (primary N) is 1. The fourth-order valence-corrected chi connectivity index (χ4v) is 3.30. The molecule has 1 heterocycles. The minimum absolute atomic E-state index is 0.0452. The van der Waals surface area contributed by atoms with Gasteiger partial charge in [0.25, 0.3) is 5.91 Å². The second-order valence-corrected chi connectivity index (χ2v) is 7.24. The summed E-state index contributed by atoms with van der Waals surface area (Å²) in [7, 11) is -4.25. The quantitative estimate of drug-likeness (QED) is 0.898. The first-order valence-electron chi connectivity index (χ1n) is 6.51. The SMILES string of the molecule is CC1CCCN(C(=O)c2cc(S(N)(=O)=O)c(F)cc2Cl)C1. The van der Waals surface area contributed by atoms with Crippen molar-refractivity contribution < 1.29 is 17.6 Å². The molecule has 0 saturated carbocycles. The third-order valence-corrected chi connectivity index (χ3v) is 4.74. The molecule has 8 heteroatoms. The first kappa shape index (κ1) is 16.2. The molecule has 1 aliphatic rings. The Hall–Kier alpha value is -1.18. The number of primary sulfonamides is 1. The van der Waals surface area contributed by atoms with Crippen molar-refractivity contribution in [3.63, 3.8) is 0 Å². The van der Waals surface area contributed by atoms with Crippen LogP contribution in [0.1, 0.15) is 30.1 Å². The third-order valence-electron chi connectivity index (χ3n) is 3.50. The van der Waals surface area contributed by atoms with Crippen LogP contribution in [0.5, 0.6) is 0 Å². The zero-order valence-electron chi connectivity index (χ0n) is 11.5. The number of rotatable bonds is 2. The lowest BCUT2D eigenvalue weighted by molar-refractivity contribution is 0.0683. The standard InChI is InChI=1S/C13H16ClFN2O3S/c1-8-3-2-4-17(7-8)13(18)9-5-12(21(16,19)20)11(15)6-10(9)14/h5-6,8H,2-4,7H2,1H3,(H2,16,19,20). The van der Waals surface area contributed by atoms with Crippen molar-refractivity contribution in [1.82, 2.24) is 4.90 Å². The monoisotopic (exact) mass is 334 g/mol. The Morgan fingerprint density at radius 2 is 2.14 bits per heavy atom. The van der Waals surface area contributed by atoms with Crippen molar-refractivity contribution >= 4 is 27.5 Å². The molecule has 0 bridgehead atoms. The largest absolute Gasteiger partial charge is 0.338 e. The highest BCUT2D eigenvalue weighted by Crippen LogP contribution is 2.26. The summed E-state index contributed by atoms with van der Waals surface area (Å²) in [6.07, 6.45) is 1.90. The van der Waals surface area contributed by atoms with Gasteiger partial charge >= 0.3 is 0 Å². The number of benzene rings is 1. The lowest BCUT2D eigenvalue weighted by Gasteiger charge is -2.31. The van der Waals surface area contributed by atoms with Crippen molar-refractivity contribution in [2.45, 2.75) is 24.7 Å². The van der Waals surface area contributed by atoms with E-state index in [0.717, 1.165) is 25.0 Å². The van der Waals surface area contributed by atoms with Crippen LogP contribution in [-0.2, 0) is 10.0 Å². The first-order valence-corrected chi connectivity index (χ1v) is 8.43. The van der Waals surface area contributed by atoms with E-state index in [4.69, 9.17) is 16.7 Å². The summed E-state index contributed by atoms with van der Waals surface area (Å²) in [5.41, 5.74) is -0.0452. The highest BCUT2D eigenvalue weighted by Gasteiger charge is 2.26. The molecule has 1 amide bonds. The molecule has 1 aromatic carbocycles. The first-order chi connectivity index (χ1) is 9.70. The van der Waals surface area contributed by atoms with Gasteiger partial charge in [0, 0.05) is 13.1 Å². The number of carbonyl (C=O) groups excluding carboxylic acids is 1. The van der Waals surface area contributed by atoms with Crippen molar-refractivity contribution in [2.24, 2.45) is 11.1 Å². The van der Waals surface area contributed by atoms with E-state index in [2.05, 4.69) is 0 Å². The van der Waals surface area contributed by atoms with Gasteiger partial charge in [0.2, 0.25) is 10.0 Å². The van der Waals surface area contributed by atoms with Gasteiger partial charge in [0.05, 0.1) is 10.6 Å². The highest BCUT2D eigenvalue weighted by molar-refractivity contribution is 7.89. The molecular weight excluding hydrogens is 319 g/mol. The Morgan fingerprint density at radius 3 is 2.71 bits per heavy atom. The Labute approximate surface area is 127 Å². The molecule has 1 saturated heterocycles. The number of hydrogen-bond acceptors (Lipinski definition) is 3. The fraction of sp³-hybridized carbons (Fsp3) is 0.462. The van der Waals surface area contributed by atoms with E-state index in [-0.39, 0.29) is 10.6 Å². The second-order valence-electron chi connectivity index (χ2n) is 5.31. The molecule has 0 aromatic heterocycles. The van der Waals surface area contributed by atoms with Crippen LogP contribution in [0.3, 0.4) is 0 Å². The fourth-order valence-electron chi connectivity index (χ4n) is 2.46. The molecule has 5 nitrogen and oxygen atoms in total. The molecule has 1 fully saturated rings. The average Bonchev–Trinajstić information content (AvgIpc) is 2.36. The van der Waals surface area contributed by atoms with Gasteiger partial charge in [-0.25, -0.2) is 17.9 Å². The predicted octanol–water partition coefficient (Wildman–Crippen LogP) is 2.00. The van der Waals surface area contributed by atoms with Gasteiger partial charge in [-0.3, -0.25) is 4.79 Å². The molecule has 1 atom stereocenters. The van der Waals surface area contributed by atoms with Crippen LogP contribution in [-0.4, -0.2) is 32.3 Å². The van der Waals surface area contributed by atoms with E-state index < -0.39 is 26.6 Å². The van der Waals surface area contributed by atoms with Crippen LogP contribution in [0.4, 0.5) is 4.39 Å². The number of likely N-dealkylation sites (tertiary alicyclic amines) is 1. The van der Waals surface area contributed by atoms with E-state index in [9.17, 15) is 17.6 Å². The van der Waals surface area contributed by atoms with Gasteiger partial charge in [-0.2, -0.15) is 0 Å². The zero-order chi connectivity index (χ0) is 15.8. The molecule has 0 aliphatic carbocycles. The number of piperidine rings is 1. The highest BCUT2D eigenvalue weighted by atomic mass is 35.5. The van der Waals surface area contributed by atoms with E-state index in [0.29, 0.717) is 19.0 Å². The van der Waals surface area contributed by atoms with Gasteiger partial charge in [0.15, 0.2) is 0 Å². The Bertz CT molecular complexity index is 678. The average molecular weight is 335 g/mol. The number of carbonyl (C=O) groups is 1. The molecule has 0 spiro atoms. The lowest BCUT2D eigenvalue weighted by atomic mass is 9.99. The molecule has 2 N–H and O–H groups in total. The molecule has 0 radical (unpaired) electrons. The molecule has 21 heavy (non-hydrogen) atoms. The predicted molar refractivity (Wildman–Crippen MR) is 77.1 cm³/mol. The van der Waals surface area contributed by atoms with Crippen LogP contribution < -0.4 is 5.14 Å². The number of hydrogen-bond donors (Lipinski definition) is 1. The van der Waals surface area contributed by atoms with E-state index in [1.165, 1.54) is 0 Å². The van der Waals surface area contributed by atoms with Gasteiger partial charge in [-0.05, 0) is 30.9 Å². The number of sulfonamides is 1. The molecule has 1 unspecified atom stereocenters. The Kier molecular flexibility index (Phi) is 4.55. The second kappa shape index (κ2) is 5.90. The number of nitrogens with zero attached hydrogens (tertiary/aromatic N) is 1. The number of amides is 1. The van der Waals surface area contributed by atoms with Gasteiger partial charge in [-0.15, -0.1) is 0 Å². The van der Waals surface area contributed by atoms with Gasteiger partial charge < -0.3 is 4.90 Å². The Morgan fingerprint density at radius 1 is 1.48 bits per heavy atom. The van der Waals surface area contributed by atoms with Gasteiger partial charge in [-0.1, -0.05) is 18.5 Å².